The Balaban J connectivity index is 0.782. The van der Waals surface area contributed by atoms with Crippen molar-refractivity contribution in [1.82, 2.24) is 0 Å². The van der Waals surface area contributed by atoms with Gasteiger partial charge in [0.05, 0.1) is 51.8 Å². The lowest BCUT2D eigenvalue weighted by Gasteiger charge is -2.61. The first-order valence-electron chi connectivity index (χ1n) is 30.3. The van der Waals surface area contributed by atoms with E-state index in [0.29, 0.717) is 54.3 Å². The van der Waals surface area contributed by atoms with Gasteiger partial charge in [0, 0.05) is 12.3 Å². The minimum Gasteiger partial charge on any atom is -0.394 e. The molecule has 11 rings (SSSR count). The van der Waals surface area contributed by atoms with Crippen molar-refractivity contribution in [3.05, 3.63) is 0 Å². The van der Waals surface area contributed by atoms with Crippen LogP contribution in [0.3, 0.4) is 0 Å². The van der Waals surface area contributed by atoms with E-state index in [2.05, 4.69) is 27.7 Å². The topological polar surface area (TPSA) is 414 Å². The molecule has 2 unspecified atom stereocenters. The Bertz CT molecular complexity index is 2140. The molecule has 11 fully saturated rings. The monoisotopic (exact) mass is 1200 g/mol. The minimum atomic E-state index is -2.13. The molecular formula is C56H92O27. The number of fused-ring (bicyclic) bond motifs is 7. The van der Waals surface area contributed by atoms with Crippen LogP contribution < -0.4 is 0 Å². The van der Waals surface area contributed by atoms with Gasteiger partial charge in [-0.2, -0.15) is 0 Å². The molecule has 0 aromatic rings. The van der Waals surface area contributed by atoms with Gasteiger partial charge in [0.2, 0.25) is 0 Å². The number of ether oxygens (including phenoxy) is 12. The van der Waals surface area contributed by atoms with Crippen LogP contribution in [-0.4, -0.2) is 282 Å². The lowest BCUT2D eigenvalue weighted by atomic mass is 9.44. The maximum atomic E-state index is 12.0. The smallest absolute Gasteiger partial charge is 0.187 e. The first kappa shape index (κ1) is 63.5. The molecule has 0 aromatic carbocycles. The van der Waals surface area contributed by atoms with E-state index in [9.17, 15) is 76.6 Å². The Morgan fingerprint density at radius 1 is 0.446 bits per heavy atom. The van der Waals surface area contributed by atoms with Crippen LogP contribution in [0.4, 0.5) is 0 Å². The predicted molar refractivity (Wildman–Crippen MR) is 275 cm³/mol. The van der Waals surface area contributed by atoms with Gasteiger partial charge in [-0.05, 0) is 104 Å². The van der Waals surface area contributed by atoms with Crippen molar-refractivity contribution in [2.45, 2.75) is 257 Å². The van der Waals surface area contributed by atoms with Crippen LogP contribution in [0.2, 0.25) is 0 Å². The van der Waals surface area contributed by atoms with Crippen molar-refractivity contribution in [1.29, 1.82) is 0 Å². The summed E-state index contributed by atoms with van der Waals surface area (Å²) in [6, 6.07) is 0. The molecule has 7 heterocycles. The van der Waals surface area contributed by atoms with Crippen LogP contribution >= 0.6 is 0 Å². The molecule has 0 aromatic heterocycles. The van der Waals surface area contributed by atoms with E-state index in [-0.39, 0.29) is 23.0 Å². The second-order valence-electron chi connectivity index (χ2n) is 26.7. The lowest BCUT2D eigenvalue weighted by Crippen LogP contribution is -2.69. The molecule has 4 saturated carbocycles. The van der Waals surface area contributed by atoms with Crippen molar-refractivity contribution in [3.63, 3.8) is 0 Å². The third-order valence-corrected chi connectivity index (χ3v) is 22.1. The van der Waals surface area contributed by atoms with Crippen LogP contribution in [0.25, 0.3) is 0 Å². The summed E-state index contributed by atoms with van der Waals surface area (Å²) in [6.45, 7) is 6.14. The number of aliphatic hydroxyl groups excluding tert-OH is 15. The van der Waals surface area contributed by atoms with Crippen LogP contribution in [-0.2, 0) is 56.8 Å². The molecule has 478 valence electrons. The van der Waals surface area contributed by atoms with Gasteiger partial charge in [0.15, 0.2) is 37.2 Å². The highest BCUT2D eigenvalue weighted by molar-refractivity contribution is 5.16. The average Bonchev–Trinajstić information content (AvgIpc) is 2.02. The summed E-state index contributed by atoms with van der Waals surface area (Å²) in [5, 5.41) is 164. The van der Waals surface area contributed by atoms with Crippen molar-refractivity contribution in [2.24, 2.45) is 52.3 Å². The van der Waals surface area contributed by atoms with Crippen LogP contribution in [0.15, 0.2) is 0 Å². The van der Waals surface area contributed by atoms with E-state index < -0.39 is 186 Å². The molecule has 7 saturated heterocycles. The van der Waals surface area contributed by atoms with Gasteiger partial charge in [-0.1, -0.05) is 27.7 Å². The zero-order chi connectivity index (χ0) is 59.4. The normalized spacial score (nSPS) is 57.4. The van der Waals surface area contributed by atoms with Gasteiger partial charge in [0.25, 0.3) is 0 Å². The van der Waals surface area contributed by atoms with Gasteiger partial charge < -0.3 is 133 Å². The molecule has 27 heteroatoms. The molecular weight excluding hydrogens is 1100 g/mol. The van der Waals surface area contributed by atoms with Crippen LogP contribution in [0.1, 0.15) is 91.9 Å². The zero-order valence-electron chi connectivity index (χ0n) is 47.5. The van der Waals surface area contributed by atoms with Crippen LogP contribution in [0, 0.1) is 52.3 Å². The number of aliphatic hydroxyl groups is 15. The third-order valence-electron chi connectivity index (χ3n) is 22.1. The van der Waals surface area contributed by atoms with Gasteiger partial charge >= 0.3 is 0 Å². The molecule has 1 spiro atoms. The molecule has 0 radical (unpaired) electrons. The Morgan fingerprint density at radius 3 is 1.69 bits per heavy atom. The molecule has 7 aliphatic heterocycles. The fraction of sp³-hybridized carbons (Fsp3) is 1.00. The number of rotatable bonds is 14. The summed E-state index contributed by atoms with van der Waals surface area (Å²) >= 11 is 0. The second-order valence-corrected chi connectivity index (χ2v) is 26.7. The predicted octanol–water partition coefficient (Wildman–Crippen LogP) is -4.45. The fourth-order valence-corrected chi connectivity index (χ4v) is 17.4. The minimum absolute atomic E-state index is 0.0494. The lowest BCUT2D eigenvalue weighted by molar-refractivity contribution is -0.410. The van der Waals surface area contributed by atoms with Gasteiger partial charge in [-0.15, -0.1) is 0 Å². The largest absolute Gasteiger partial charge is 0.394 e. The molecule has 0 amide bonds. The van der Waals surface area contributed by atoms with Crippen molar-refractivity contribution in [2.75, 3.05) is 39.6 Å². The van der Waals surface area contributed by atoms with E-state index in [1.165, 1.54) is 0 Å². The van der Waals surface area contributed by atoms with Crippen molar-refractivity contribution in [3.8, 4) is 0 Å². The maximum absolute atomic E-state index is 12.0. The van der Waals surface area contributed by atoms with E-state index in [1.54, 1.807) is 0 Å². The summed E-state index contributed by atoms with van der Waals surface area (Å²) in [7, 11) is 0. The maximum Gasteiger partial charge on any atom is 0.187 e. The first-order chi connectivity index (χ1) is 39.5. The van der Waals surface area contributed by atoms with E-state index >= 15 is 0 Å². The summed E-state index contributed by atoms with van der Waals surface area (Å²) < 4.78 is 73.3. The van der Waals surface area contributed by atoms with Gasteiger partial charge in [-0.25, -0.2) is 0 Å². The summed E-state index contributed by atoms with van der Waals surface area (Å²) in [6.07, 6.45) is -34.6. The molecule has 11 aliphatic rings. The highest BCUT2D eigenvalue weighted by Gasteiger charge is 2.70. The van der Waals surface area contributed by atoms with E-state index in [4.69, 9.17) is 56.8 Å². The molecule has 83 heavy (non-hydrogen) atoms. The first-order valence-corrected chi connectivity index (χ1v) is 30.3. The fourth-order valence-electron chi connectivity index (χ4n) is 17.4. The second kappa shape index (κ2) is 25.0. The standard InChI is InChI=1S/C56H92O27/c1-21-7-12-56(73-19-21)22(2)34-29(83-56)14-27-25-6-5-23-13-24(8-10-54(23,3)26(25)9-11-55(27,34)4)74-50-43(70)40(67)45(33(18-60)78-50)79-53-48(82-51-42(69)39(66)36(63)30(15-57)75-51)47(38(65)32(17-59)77-53)81-52-44(71)46(37(64)31(16-58)76-52)80-49-41(68)35(62)28(61)20-72-49/h21-53,57-71H,5-20H2,1-4H3/t21-,22+,23+,24+,25-,26+,27+,28-,29?,30-,31-,32-,33-,34?,35+,36-,37-,38-,39+,40-,41-,42-,43-,44-,45+,46+,47+,48-,49+,50-,51+,52+,53+,54+,55+,56-/m1/s1. The number of hydrogen-bond acceptors (Lipinski definition) is 27. The molecule has 15 N–H and O–H groups in total. The number of hydrogen-bond donors (Lipinski definition) is 15. The zero-order valence-corrected chi connectivity index (χ0v) is 47.5. The highest BCUT2D eigenvalue weighted by atomic mass is 16.8. The molecule has 27 nitrogen and oxygen atoms in total. The third kappa shape index (κ3) is 11.2. The molecule has 0 bridgehead atoms. The van der Waals surface area contributed by atoms with Crippen LogP contribution in [0.5, 0.6) is 0 Å². The Hall–Kier alpha value is -1.08. The molecule has 36 atom stereocenters. The quantitative estimate of drug-likeness (QED) is 0.0730. The summed E-state index contributed by atoms with van der Waals surface area (Å²) in [5.41, 5.74) is 0.220. The van der Waals surface area contributed by atoms with E-state index in [0.717, 1.165) is 58.0 Å². The Kier molecular flexibility index (Phi) is 19.1. The summed E-state index contributed by atoms with van der Waals surface area (Å²) in [5.74, 6) is 2.83. The van der Waals surface area contributed by atoms with Crippen molar-refractivity contribution < 1.29 is 133 Å². The van der Waals surface area contributed by atoms with Gasteiger partial charge in [-0.3, -0.25) is 0 Å². The van der Waals surface area contributed by atoms with E-state index in [1.807, 2.05) is 0 Å². The SMILES string of the molecule is C[C@@H]1CC[C@@]2(OC1)OC1C[C@H]3[C@@H]4CC[C@H]5C[C@@H](O[C@@H]6O[C@H](CO)[C@H](O[C@@H]7O[C@H](CO)[C@@H](O)[C@H](O[C@@H]8O[C@H](CO)[C@@H](O)[C@H](O[C@@H]9OC[C@@H](O)[C@H](O)[C@H]9O)[C@H]8O)[C@H]7O[C@@H]7O[C@H](CO)[C@@H](O)[C@H](O)[C@H]7O)[C@H](O)[C@H]6O)CC[C@]5(C)[C@H]4CC[C@]3(C)C1[C@@H]2C. The Labute approximate surface area is 481 Å². The Morgan fingerprint density at radius 2 is 1.01 bits per heavy atom. The average molecular weight is 1200 g/mol. The highest BCUT2D eigenvalue weighted by Crippen LogP contribution is 2.71. The molecule has 4 aliphatic carbocycles. The van der Waals surface area contributed by atoms with Gasteiger partial charge in [0.1, 0.15) is 116 Å². The van der Waals surface area contributed by atoms with Crippen molar-refractivity contribution >= 4 is 0 Å². The summed E-state index contributed by atoms with van der Waals surface area (Å²) in [4.78, 5) is 0.